The van der Waals surface area contributed by atoms with Gasteiger partial charge < -0.3 is 10.1 Å². The molecule has 1 amide bonds. The van der Waals surface area contributed by atoms with Gasteiger partial charge in [-0.05, 0) is 48.6 Å². The molecule has 0 saturated heterocycles. The van der Waals surface area contributed by atoms with Gasteiger partial charge in [0.2, 0.25) is 5.91 Å². The zero-order valence-electron chi connectivity index (χ0n) is 11.7. The summed E-state index contributed by atoms with van der Waals surface area (Å²) in [7, 11) is 0. The van der Waals surface area contributed by atoms with E-state index in [2.05, 4.69) is 23.5 Å². The average molecular weight is 271 g/mol. The summed E-state index contributed by atoms with van der Waals surface area (Å²) in [5.41, 5.74) is 2.87. The molecule has 1 aromatic carbocycles. The van der Waals surface area contributed by atoms with Gasteiger partial charge in [0.15, 0.2) is 0 Å². The minimum Gasteiger partial charge on any atom is -0.493 e. The molecule has 1 N–H and O–H groups in total. The van der Waals surface area contributed by atoms with E-state index in [0.29, 0.717) is 17.8 Å². The number of nitrogens with one attached hydrogen (secondary N) is 1. The molecular formula is C17H21NO2. The maximum absolute atomic E-state index is 11.7. The second kappa shape index (κ2) is 4.80. The average Bonchev–Trinajstić information content (AvgIpc) is 3.35. The van der Waals surface area contributed by atoms with Crippen LogP contribution in [0.2, 0.25) is 0 Å². The van der Waals surface area contributed by atoms with Crippen molar-refractivity contribution in [2.45, 2.75) is 38.0 Å². The number of hydrogen-bond acceptors (Lipinski definition) is 2. The Labute approximate surface area is 119 Å². The zero-order chi connectivity index (χ0) is 13.5. The molecule has 2 saturated carbocycles. The van der Waals surface area contributed by atoms with Gasteiger partial charge in [-0.15, -0.1) is 0 Å². The van der Waals surface area contributed by atoms with Gasteiger partial charge in [-0.2, -0.15) is 0 Å². The molecule has 0 aromatic heterocycles. The summed E-state index contributed by atoms with van der Waals surface area (Å²) in [4.78, 5) is 11.7. The van der Waals surface area contributed by atoms with Gasteiger partial charge in [-0.25, -0.2) is 0 Å². The summed E-state index contributed by atoms with van der Waals surface area (Å²) in [6.07, 6.45) is 5.49. The van der Waals surface area contributed by atoms with E-state index in [-0.39, 0.29) is 5.91 Å². The van der Waals surface area contributed by atoms with E-state index in [1.165, 1.54) is 30.4 Å². The molecule has 0 bridgehead atoms. The first-order valence-corrected chi connectivity index (χ1v) is 7.82. The zero-order valence-corrected chi connectivity index (χ0v) is 11.7. The number of benzene rings is 1. The molecule has 3 heteroatoms. The molecule has 3 aliphatic rings. The lowest BCUT2D eigenvalue weighted by Gasteiger charge is -2.07. The fourth-order valence-electron chi connectivity index (χ4n) is 3.35. The van der Waals surface area contributed by atoms with Crippen LogP contribution in [0.1, 0.15) is 42.7 Å². The van der Waals surface area contributed by atoms with E-state index in [1.54, 1.807) is 0 Å². The Morgan fingerprint density at radius 1 is 1.35 bits per heavy atom. The Hall–Kier alpha value is -1.51. The minimum absolute atomic E-state index is 0.250. The van der Waals surface area contributed by atoms with Crippen LogP contribution in [0.4, 0.5) is 0 Å². The van der Waals surface area contributed by atoms with Crippen molar-refractivity contribution in [1.29, 1.82) is 0 Å². The van der Waals surface area contributed by atoms with Crippen LogP contribution < -0.4 is 10.1 Å². The molecule has 2 atom stereocenters. The standard InChI is InChI=1S/C17H21NO2/c19-17(8-11-4-5-11)18-10-12-9-15(12)13-2-1-3-16-14(13)6-7-20-16/h1-3,11-12,15H,4-10H2,(H,18,19)/t12-,15-/m0/s1. The predicted molar refractivity (Wildman–Crippen MR) is 76.8 cm³/mol. The van der Waals surface area contributed by atoms with Gasteiger partial charge in [0.1, 0.15) is 5.75 Å². The molecule has 2 aliphatic carbocycles. The fraction of sp³-hybridized carbons (Fsp3) is 0.588. The Bertz CT molecular complexity index is 536. The molecule has 1 aliphatic heterocycles. The first-order chi connectivity index (χ1) is 9.81. The normalized spacial score (nSPS) is 26.8. The van der Waals surface area contributed by atoms with Crippen LogP contribution in [-0.4, -0.2) is 19.1 Å². The summed E-state index contributed by atoms with van der Waals surface area (Å²) >= 11 is 0. The first kappa shape index (κ1) is 12.2. The van der Waals surface area contributed by atoms with Crippen LogP contribution in [0, 0.1) is 11.8 Å². The lowest BCUT2D eigenvalue weighted by molar-refractivity contribution is -0.121. The van der Waals surface area contributed by atoms with Crippen LogP contribution in [0.3, 0.4) is 0 Å². The van der Waals surface area contributed by atoms with E-state index in [9.17, 15) is 4.79 Å². The Kier molecular flexibility index (Phi) is 2.94. The molecule has 0 spiro atoms. The van der Waals surface area contributed by atoms with E-state index in [0.717, 1.165) is 31.7 Å². The van der Waals surface area contributed by atoms with Gasteiger partial charge in [-0.1, -0.05) is 12.1 Å². The van der Waals surface area contributed by atoms with Crippen LogP contribution in [-0.2, 0) is 11.2 Å². The molecular weight excluding hydrogens is 250 g/mol. The number of hydrogen-bond donors (Lipinski definition) is 1. The second-order valence-electron chi connectivity index (χ2n) is 6.48. The lowest BCUT2D eigenvalue weighted by Crippen LogP contribution is -2.26. The van der Waals surface area contributed by atoms with Gasteiger partial charge in [0.05, 0.1) is 6.61 Å². The molecule has 20 heavy (non-hydrogen) atoms. The summed E-state index contributed by atoms with van der Waals surface area (Å²) in [6.45, 7) is 1.67. The van der Waals surface area contributed by atoms with Crippen LogP contribution in [0.5, 0.6) is 5.75 Å². The molecule has 0 radical (unpaired) electrons. The largest absolute Gasteiger partial charge is 0.493 e. The van der Waals surface area contributed by atoms with Crippen molar-refractivity contribution in [1.82, 2.24) is 5.32 Å². The van der Waals surface area contributed by atoms with Crippen molar-refractivity contribution in [3.8, 4) is 5.75 Å². The van der Waals surface area contributed by atoms with E-state index < -0.39 is 0 Å². The number of amides is 1. The third-order valence-electron chi connectivity index (χ3n) is 4.83. The Balaban J connectivity index is 1.33. The predicted octanol–water partition coefficient (Wildman–Crippen LogP) is 2.64. The second-order valence-corrected chi connectivity index (χ2v) is 6.48. The highest BCUT2D eigenvalue weighted by molar-refractivity contribution is 5.76. The summed E-state index contributed by atoms with van der Waals surface area (Å²) in [5, 5.41) is 3.11. The number of carbonyl (C=O) groups is 1. The van der Waals surface area contributed by atoms with Gasteiger partial charge in [0.25, 0.3) is 0 Å². The van der Waals surface area contributed by atoms with Crippen LogP contribution in [0.15, 0.2) is 18.2 Å². The summed E-state index contributed by atoms with van der Waals surface area (Å²) < 4.78 is 5.63. The van der Waals surface area contributed by atoms with Crippen LogP contribution >= 0.6 is 0 Å². The number of ether oxygens (including phenoxy) is 1. The van der Waals surface area contributed by atoms with Crippen molar-refractivity contribution in [3.63, 3.8) is 0 Å². The molecule has 3 nitrogen and oxygen atoms in total. The quantitative estimate of drug-likeness (QED) is 0.894. The molecule has 0 unspecified atom stereocenters. The monoisotopic (exact) mass is 271 g/mol. The maximum atomic E-state index is 11.7. The van der Waals surface area contributed by atoms with Gasteiger partial charge >= 0.3 is 0 Å². The highest BCUT2D eigenvalue weighted by Crippen LogP contribution is 2.50. The summed E-state index contributed by atoms with van der Waals surface area (Å²) in [5.74, 6) is 3.27. The van der Waals surface area contributed by atoms with Crippen molar-refractivity contribution in [3.05, 3.63) is 29.3 Å². The van der Waals surface area contributed by atoms with E-state index in [1.807, 2.05) is 0 Å². The van der Waals surface area contributed by atoms with Crippen molar-refractivity contribution in [2.24, 2.45) is 11.8 Å². The van der Waals surface area contributed by atoms with Crippen molar-refractivity contribution < 1.29 is 9.53 Å². The fourth-order valence-corrected chi connectivity index (χ4v) is 3.35. The highest BCUT2D eigenvalue weighted by atomic mass is 16.5. The third-order valence-corrected chi connectivity index (χ3v) is 4.83. The number of carbonyl (C=O) groups excluding carboxylic acids is 1. The van der Waals surface area contributed by atoms with E-state index in [4.69, 9.17) is 4.74 Å². The molecule has 2 fully saturated rings. The van der Waals surface area contributed by atoms with Crippen LogP contribution in [0.25, 0.3) is 0 Å². The molecule has 1 aromatic rings. The summed E-state index contributed by atoms with van der Waals surface area (Å²) in [6, 6.07) is 6.41. The number of rotatable bonds is 5. The topological polar surface area (TPSA) is 38.3 Å². The third kappa shape index (κ3) is 2.41. The van der Waals surface area contributed by atoms with Gasteiger partial charge in [0, 0.05) is 24.9 Å². The first-order valence-electron chi connectivity index (χ1n) is 7.82. The minimum atomic E-state index is 0.250. The highest BCUT2D eigenvalue weighted by Gasteiger charge is 2.40. The van der Waals surface area contributed by atoms with Crippen molar-refractivity contribution in [2.75, 3.05) is 13.2 Å². The SMILES string of the molecule is O=C(CC1CC1)NC[C@@H]1C[C@@H]1c1cccc2c1CCO2. The Morgan fingerprint density at radius 2 is 2.25 bits per heavy atom. The maximum Gasteiger partial charge on any atom is 0.220 e. The van der Waals surface area contributed by atoms with Crippen molar-refractivity contribution >= 4 is 5.91 Å². The Morgan fingerprint density at radius 3 is 3.10 bits per heavy atom. The lowest BCUT2D eigenvalue weighted by atomic mass is 10.00. The van der Waals surface area contributed by atoms with E-state index >= 15 is 0 Å². The smallest absolute Gasteiger partial charge is 0.220 e. The molecule has 4 rings (SSSR count). The molecule has 1 heterocycles. The van der Waals surface area contributed by atoms with Gasteiger partial charge in [-0.3, -0.25) is 4.79 Å². The number of fused-ring (bicyclic) bond motifs is 1. The molecule has 106 valence electrons.